The molecule has 0 radical (unpaired) electrons. The maximum absolute atomic E-state index is 12.7. The second-order valence-corrected chi connectivity index (χ2v) is 3.03. The van der Waals surface area contributed by atoms with E-state index in [1.54, 1.807) is 0 Å². The Bertz CT molecular complexity index is 388. The van der Waals surface area contributed by atoms with Crippen LogP contribution in [0.2, 0.25) is 0 Å². The highest BCUT2D eigenvalue weighted by Gasteiger charge is 2.19. The van der Waals surface area contributed by atoms with E-state index >= 15 is 0 Å². The number of pyridine rings is 1. The van der Waals surface area contributed by atoms with Gasteiger partial charge in [0, 0.05) is 18.3 Å². The Hall–Kier alpha value is -1.23. The van der Waals surface area contributed by atoms with Crippen LogP contribution in [0.1, 0.15) is 11.1 Å². The van der Waals surface area contributed by atoms with Gasteiger partial charge in [0.15, 0.2) is 0 Å². The van der Waals surface area contributed by atoms with E-state index in [0.29, 0.717) is 11.5 Å². The van der Waals surface area contributed by atoms with Gasteiger partial charge in [-0.25, -0.2) is 0 Å². The van der Waals surface area contributed by atoms with Crippen LogP contribution < -0.4 is 5.56 Å². The summed E-state index contributed by atoms with van der Waals surface area (Å²) in [6.45, 7) is 0.154. The molecule has 3 nitrogen and oxygen atoms in total. The van der Waals surface area contributed by atoms with Crippen molar-refractivity contribution >= 4 is 0 Å². The fraction of sp³-hybridized carbons (Fsp3) is 0.375. The molecule has 5 heteroatoms. The lowest BCUT2D eigenvalue weighted by molar-refractivity contribution is 0.00927. The number of hydrogen-bond donors (Lipinski definition) is 0. The van der Waals surface area contributed by atoms with Gasteiger partial charge in [-0.15, -0.1) is 14.4 Å². The fourth-order valence-electron chi connectivity index (χ4n) is 1.49. The average molecular weight is 186 g/mol. The molecule has 0 bridgehead atoms. The number of halogens is 2. The fourth-order valence-corrected chi connectivity index (χ4v) is 1.49. The first-order valence-electron chi connectivity index (χ1n) is 3.99. The highest BCUT2D eigenvalue weighted by atomic mass is 19.2. The third kappa shape index (κ3) is 1.35. The van der Waals surface area contributed by atoms with Crippen LogP contribution >= 0.6 is 0 Å². The number of nitrogens with zero attached hydrogens (tertiary/aromatic N) is 2. The molecule has 0 unspecified atom stereocenters. The van der Waals surface area contributed by atoms with E-state index in [-0.39, 0.29) is 23.4 Å². The third-order valence-corrected chi connectivity index (χ3v) is 2.20. The van der Waals surface area contributed by atoms with Gasteiger partial charge in [-0.2, -0.15) is 0 Å². The van der Waals surface area contributed by atoms with E-state index in [4.69, 9.17) is 0 Å². The first-order valence-corrected chi connectivity index (χ1v) is 3.99. The molecule has 0 atom stereocenters. The number of aromatic nitrogens is 1. The monoisotopic (exact) mass is 186 g/mol. The van der Waals surface area contributed by atoms with Gasteiger partial charge in [0.1, 0.15) is 0 Å². The minimum absolute atomic E-state index is 0.0159. The molecule has 1 aliphatic heterocycles. The Morgan fingerprint density at radius 3 is 2.92 bits per heavy atom. The van der Waals surface area contributed by atoms with E-state index < -0.39 is 5.56 Å². The van der Waals surface area contributed by atoms with Crippen molar-refractivity contribution in [1.29, 1.82) is 0 Å². The van der Waals surface area contributed by atoms with Gasteiger partial charge in [-0.05, 0) is 18.1 Å². The van der Waals surface area contributed by atoms with Gasteiger partial charge in [0.05, 0.1) is 6.54 Å². The zero-order valence-corrected chi connectivity index (χ0v) is 6.83. The summed E-state index contributed by atoms with van der Waals surface area (Å²) >= 11 is 0. The van der Waals surface area contributed by atoms with Gasteiger partial charge in [-0.1, -0.05) is 4.48 Å². The Morgan fingerprint density at radius 2 is 2.15 bits per heavy atom. The van der Waals surface area contributed by atoms with E-state index in [2.05, 4.69) is 0 Å². The molecule has 0 fully saturated rings. The summed E-state index contributed by atoms with van der Waals surface area (Å²) < 4.78 is 25.4. The SMILES string of the molecule is O=c1c2c(ccn1F)CCN(F)C2. The van der Waals surface area contributed by atoms with E-state index in [9.17, 15) is 13.8 Å². The van der Waals surface area contributed by atoms with Crippen molar-refractivity contribution in [1.82, 2.24) is 9.91 Å². The average Bonchev–Trinajstić information content (AvgIpc) is 2.12. The predicted octanol–water partition coefficient (Wildman–Crippen LogP) is 0.824. The van der Waals surface area contributed by atoms with Crippen molar-refractivity contribution in [2.24, 2.45) is 0 Å². The Kier molecular flexibility index (Phi) is 1.88. The van der Waals surface area contributed by atoms with Crippen LogP contribution in [-0.4, -0.2) is 16.5 Å². The molecule has 1 aromatic heterocycles. The normalized spacial score (nSPS) is 17.1. The van der Waals surface area contributed by atoms with Crippen molar-refractivity contribution in [2.45, 2.75) is 13.0 Å². The third-order valence-electron chi connectivity index (χ3n) is 2.20. The summed E-state index contributed by atoms with van der Waals surface area (Å²) in [4.78, 5) is 11.1. The number of hydrogen-bond acceptors (Lipinski definition) is 2. The molecule has 1 aromatic rings. The quantitative estimate of drug-likeness (QED) is 0.560. The van der Waals surface area contributed by atoms with Crippen LogP contribution in [0, 0.1) is 0 Å². The summed E-state index contributed by atoms with van der Waals surface area (Å²) in [7, 11) is 0. The minimum Gasteiger partial charge on any atom is -0.266 e. The second kappa shape index (κ2) is 2.92. The summed E-state index contributed by atoms with van der Waals surface area (Å²) in [6, 6.07) is 1.52. The lowest BCUT2D eigenvalue weighted by Gasteiger charge is -2.19. The zero-order chi connectivity index (χ0) is 9.42. The first kappa shape index (κ1) is 8.37. The zero-order valence-electron chi connectivity index (χ0n) is 6.83. The highest BCUT2D eigenvalue weighted by Crippen LogP contribution is 2.14. The molecule has 2 rings (SSSR count). The number of rotatable bonds is 0. The van der Waals surface area contributed by atoms with Gasteiger partial charge in [0.2, 0.25) is 0 Å². The predicted molar refractivity (Wildman–Crippen MR) is 42.4 cm³/mol. The van der Waals surface area contributed by atoms with Gasteiger partial charge in [-0.3, -0.25) is 4.79 Å². The topological polar surface area (TPSA) is 25.2 Å². The van der Waals surface area contributed by atoms with E-state index in [1.807, 2.05) is 0 Å². The summed E-state index contributed by atoms with van der Waals surface area (Å²) in [5.41, 5.74) is 0.214. The summed E-state index contributed by atoms with van der Waals surface area (Å²) in [5.74, 6) is 0. The largest absolute Gasteiger partial charge is 0.283 e. The smallest absolute Gasteiger partial charge is 0.266 e. The Morgan fingerprint density at radius 1 is 1.38 bits per heavy atom. The molecule has 70 valence electrons. The molecule has 1 aliphatic rings. The van der Waals surface area contributed by atoms with Crippen LogP contribution in [0.15, 0.2) is 17.1 Å². The maximum atomic E-state index is 12.7. The lowest BCUT2D eigenvalue weighted by atomic mass is 10.0. The van der Waals surface area contributed by atoms with Crippen LogP contribution in [0.3, 0.4) is 0 Å². The molecule has 0 saturated heterocycles. The van der Waals surface area contributed by atoms with Crippen LogP contribution in [0.25, 0.3) is 0 Å². The molecular formula is C8H8F2N2O. The molecule has 2 heterocycles. The van der Waals surface area contributed by atoms with Crippen molar-refractivity contribution < 1.29 is 8.96 Å². The Labute approximate surface area is 73.1 Å². The van der Waals surface area contributed by atoms with Gasteiger partial charge < -0.3 is 0 Å². The van der Waals surface area contributed by atoms with Crippen LogP contribution in [0.4, 0.5) is 8.96 Å². The molecule has 0 spiro atoms. The van der Waals surface area contributed by atoms with Gasteiger partial charge in [0.25, 0.3) is 5.56 Å². The molecule has 0 aromatic carbocycles. The van der Waals surface area contributed by atoms with E-state index in [1.165, 1.54) is 6.07 Å². The first-order chi connectivity index (χ1) is 6.18. The van der Waals surface area contributed by atoms with Crippen LogP contribution in [-0.2, 0) is 13.0 Å². The summed E-state index contributed by atoms with van der Waals surface area (Å²) in [5, 5.41) is 0.518. The molecule has 0 N–H and O–H groups in total. The summed E-state index contributed by atoms with van der Waals surface area (Å²) in [6.07, 6.45) is 1.52. The van der Waals surface area contributed by atoms with Crippen molar-refractivity contribution in [2.75, 3.05) is 6.54 Å². The molecular weight excluding hydrogens is 178 g/mol. The molecule has 13 heavy (non-hydrogen) atoms. The minimum atomic E-state index is -0.750. The highest BCUT2D eigenvalue weighted by molar-refractivity contribution is 5.25. The standard InChI is InChI=1S/C8H8F2N2O/c9-11-3-1-6-2-4-12(10)8(13)7(6)5-11/h2,4H,1,3,5H2. The number of fused-ring (bicyclic) bond motifs is 1. The van der Waals surface area contributed by atoms with Crippen molar-refractivity contribution in [3.05, 3.63) is 33.7 Å². The Balaban J connectivity index is 2.55. The van der Waals surface area contributed by atoms with Crippen molar-refractivity contribution in [3.8, 4) is 0 Å². The molecule has 0 aliphatic carbocycles. The second-order valence-electron chi connectivity index (χ2n) is 3.03. The van der Waals surface area contributed by atoms with Crippen LogP contribution in [0.5, 0.6) is 0 Å². The van der Waals surface area contributed by atoms with E-state index in [0.717, 1.165) is 11.8 Å². The van der Waals surface area contributed by atoms with Gasteiger partial charge >= 0.3 is 0 Å². The molecule has 0 saturated carbocycles. The molecule has 0 amide bonds. The van der Waals surface area contributed by atoms with Crippen molar-refractivity contribution in [3.63, 3.8) is 0 Å². The lowest BCUT2D eigenvalue weighted by Crippen LogP contribution is -2.31. The maximum Gasteiger partial charge on any atom is 0.283 e.